The van der Waals surface area contributed by atoms with Gasteiger partial charge >= 0.3 is 0 Å². The average Bonchev–Trinajstić information content (AvgIpc) is 2.69. The van der Waals surface area contributed by atoms with E-state index in [4.69, 9.17) is 0 Å². The van der Waals surface area contributed by atoms with Gasteiger partial charge in [-0.3, -0.25) is 4.68 Å². The van der Waals surface area contributed by atoms with Crippen LogP contribution in [0.5, 0.6) is 5.75 Å². The SMILES string of the molecule is Cn1cc(CNCc2cc(F)ccc2O)cn1. The van der Waals surface area contributed by atoms with Gasteiger partial charge in [0.25, 0.3) is 0 Å². The van der Waals surface area contributed by atoms with Crippen molar-refractivity contribution in [2.45, 2.75) is 13.1 Å². The average molecular weight is 235 g/mol. The number of aromatic hydroxyl groups is 1. The maximum atomic E-state index is 12.9. The number of phenols is 1. The largest absolute Gasteiger partial charge is 0.508 e. The molecule has 0 bridgehead atoms. The number of aromatic nitrogens is 2. The van der Waals surface area contributed by atoms with Crippen LogP contribution < -0.4 is 5.32 Å². The molecule has 0 saturated heterocycles. The molecule has 0 atom stereocenters. The molecule has 5 heteroatoms. The second-order valence-corrected chi connectivity index (χ2v) is 3.90. The van der Waals surface area contributed by atoms with Crippen LogP contribution in [0.25, 0.3) is 0 Å². The number of hydrogen-bond acceptors (Lipinski definition) is 3. The fourth-order valence-corrected chi connectivity index (χ4v) is 1.60. The fourth-order valence-electron chi connectivity index (χ4n) is 1.60. The molecule has 0 amide bonds. The highest BCUT2D eigenvalue weighted by molar-refractivity contribution is 5.32. The lowest BCUT2D eigenvalue weighted by Gasteiger charge is -2.05. The first-order chi connectivity index (χ1) is 8.15. The summed E-state index contributed by atoms with van der Waals surface area (Å²) in [6.45, 7) is 1.04. The second kappa shape index (κ2) is 4.97. The Morgan fingerprint density at radius 1 is 1.41 bits per heavy atom. The molecule has 0 aliphatic rings. The van der Waals surface area contributed by atoms with Crippen molar-refractivity contribution in [3.05, 3.63) is 47.5 Å². The van der Waals surface area contributed by atoms with Crippen LogP contribution in [0.3, 0.4) is 0 Å². The van der Waals surface area contributed by atoms with E-state index in [1.165, 1.54) is 18.2 Å². The molecule has 2 aromatic rings. The Kier molecular flexibility index (Phi) is 3.39. The number of nitrogens with one attached hydrogen (secondary N) is 1. The summed E-state index contributed by atoms with van der Waals surface area (Å²) in [5.41, 5.74) is 1.59. The monoisotopic (exact) mass is 235 g/mol. The van der Waals surface area contributed by atoms with E-state index < -0.39 is 0 Å². The number of aryl methyl sites for hydroxylation is 1. The Labute approximate surface area is 98.7 Å². The van der Waals surface area contributed by atoms with Gasteiger partial charge in [0.1, 0.15) is 11.6 Å². The fraction of sp³-hybridized carbons (Fsp3) is 0.250. The van der Waals surface area contributed by atoms with Gasteiger partial charge in [-0.05, 0) is 18.2 Å². The van der Waals surface area contributed by atoms with Gasteiger partial charge in [0.2, 0.25) is 0 Å². The van der Waals surface area contributed by atoms with Crippen molar-refractivity contribution < 1.29 is 9.50 Å². The highest BCUT2D eigenvalue weighted by Gasteiger charge is 2.03. The van der Waals surface area contributed by atoms with Gasteiger partial charge in [-0.2, -0.15) is 5.10 Å². The Morgan fingerprint density at radius 2 is 2.24 bits per heavy atom. The highest BCUT2D eigenvalue weighted by Crippen LogP contribution is 2.17. The standard InChI is InChI=1S/C12H14FN3O/c1-16-8-9(6-15-16)5-14-7-10-4-11(13)2-3-12(10)17/h2-4,6,8,14,17H,5,7H2,1H3. The van der Waals surface area contributed by atoms with Crippen molar-refractivity contribution >= 4 is 0 Å². The molecule has 1 aromatic heterocycles. The summed E-state index contributed by atoms with van der Waals surface area (Å²) in [7, 11) is 1.85. The van der Waals surface area contributed by atoms with Gasteiger partial charge in [-0.1, -0.05) is 0 Å². The van der Waals surface area contributed by atoms with E-state index in [2.05, 4.69) is 10.4 Å². The Balaban J connectivity index is 1.91. The summed E-state index contributed by atoms with van der Waals surface area (Å²) in [6.07, 6.45) is 3.66. The molecule has 0 saturated carbocycles. The first-order valence-electron chi connectivity index (χ1n) is 5.31. The van der Waals surface area contributed by atoms with Gasteiger partial charge in [-0.15, -0.1) is 0 Å². The summed E-state index contributed by atoms with van der Waals surface area (Å²) in [4.78, 5) is 0. The van der Waals surface area contributed by atoms with Gasteiger partial charge in [0.15, 0.2) is 0 Å². The van der Waals surface area contributed by atoms with E-state index in [1.54, 1.807) is 10.9 Å². The number of benzene rings is 1. The molecule has 17 heavy (non-hydrogen) atoms. The lowest BCUT2D eigenvalue weighted by Crippen LogP contribution is -2.12. The van der Waals surface area contributed by atoms with Crippen LogP contribution in [-0.4, -0.2) is 14.9 Å². The minimum Gasteiger partial charge on any atom is -0.508 e. The van der Waals surface area contributed by atoms with Gasteiger partial charge in [0, 0.05) is 37.5 Å². The predicted octanol–water partition coefficient (Wildman–Crippen LogP) is 1.55. The summed E-state index contributed by atoms with van der Waals surface area (Å²) >= 11 is 0. The van der Waals surface area contributed by atoms with Crippen LogP contribution in [0, 0.1) is 5.82 Å². The van der Waals surface area contributed by atoms with Gasteiger partial charge in [0.05, 0.1) is 6.20 Å². The maximum Gasteiger partial charge on any atom is 0.123 e. The summed E-state index contributed by atoms with van der Waals surface area (Å²) in [5.74, 6) is -0.244. The van der Waals surface area contributed by atoms with E-state index in [-0.39, 0.29) is 11.6 Å². The zero-order chi connectivity index (χ0) is 12.3. The molecule has 0 aliphatic carbocycles. The van der Waals surface area contributed by atoms with E-state index >= 15 is 0 Å². The third-order valence-electron chi connectivity index (χ3n) is 2.44. The lowest BCUT2D eigenvalue weighted by atomic mass is 10.2. The number of halogens is 1. The van der Waals surface area contributed by atoms with Crippen LogP contribution in [-0.2, 0) is 20.1 Å². The predicted molar refractivity (Wildman–Crippen MR) is 61.8 cm³/mol. The first-order valence-corrected chi connectivity index (χ1v) is 5.31. The van der Waals surface area contributed by atoms with Crippen LogP contribution in [0.4, 0.5) is 4.39 Å². The second-order valence-electron chi connectivity index (χ2n) is 3.90. The summed E-state index contributed by atoms with van der Waals surface area (Å²) in [6, 6.07) is 3.92. The molecule has 1 aromatic carbocycles. The minimum absolute atomic E-state index is 0.102. The Hall–Kier alpha value is -1.88. The quantitative estimate of drug-likeness (QED) is 0.845. The Bertz CT molecular complexity index is 510. The van der Waals surface area contributed by atoms with Gasteiger partial charge in [-0.25, -0.2) is 4.39 Å². The van der Waals surface area contributed by atoms with Crippen LogP contribution in [0.2, 0.25) is 0 Å². The zero-order valence-corrected chi connectivity index (χ0v) is 9.52. The number of phenolic OH excluding ortho intramolecular Hbond substituents is 1. The maximum absolute atomic E-state index is 12.9. The molecule has 0 fully saturated rings. The third kappa shape index (κ3) is 3.04. The molecule has 0 radical (unpaired) electrons. The van der Waals surface area contributed by atoms with Crippen molar-refractivity contribution in [1.82, 2.24) is 15.1 Å². The Morgan fingerprint density at radius 3 is 2.94 bits per heavy atom. The first kappa shape index (κ1) is 11.6. The van der Waals surface area contributed by atoms with Crippen LogP contribution >= 0.6 is 0 Å². The molecule has 2 rings (SSSR count). The smallest absolute Gasteiger partial charge is 0.123 e. The molecule has 1 heterocycles. The topological polar surface area (TPSA) is 50.1 Å². The number of rotatable bonds is 4. The normalized spacial score (nSPS) is 10.7. The molecule has 4 nitrogen and oxygen atoms in total. The van der Waals surface area contributed by atoms with E-state index in [1.807, 2.05) is 13.2 Å². The van der Waals surface area contributed by atoms with Crippen molar-refractivity contribution in [2.75, 3.05) is 0 Å². The van der Waals surface area contributed by atoms with E-state index in [0.717, 1.165) is 5.56 Å². The van der Waals surface area contributed by atoms with Crippen molar-refractivity contribution in [3.63, 3.8) is 0 Å². The van der Waals surface area contributed by atoms with Crippen LogP contribution in [0.1, 0.15) is 11.1 Å². The highest BCUT2D eigenvalue weighted by atomic mass is 19.1. The van der Waals surface area contributed by atoms with E-state index in [9.17, 15) is 9.50 Å². The number of hydrogen-bond donors (Lipinski definition) is 2. The molecular weight excluding hydrogens is 221 g/mol. The zero-order valence-electron chi connectivity index (χ0n) is 9.52. The van der Waals surface area contributed by atoms with Crippen molar-refractivity contribution in [2.24, 2.45) is 7.05 Å². The molecule has 2 N–H and O–H groups in total. The molecule has 0 aliphatic heterocycles. The number of nitrogens with zero attached hydrogens (tertiary/aromatic N) is 2. The van der Waals surface area contributed by atoms with E-state index in [0.29, 0.717) is 18.7 Å². The molecule has 0 spiro atoms. The molecule has 0 unspecified atom stereocenters. The van der Waals surface area contributed by atoms with Crippen molar-refractivity contribution in [1.29, 1.82) is 0 Å². The summed E-state index contributed by atoms with van der Waals surface area (Å²) < 4.78 is 14.7. The molecule has 90 valence electrons. The minimum atomic E-state index is -0.346. The summed E-state index contributed by atoms with van der Waals surface area (Å²) in [5, 5.41) is 16.7. The third-order valence-corrected chi connectivity index (χ3v) is 2.44. The molecular formula is C12H14FN3O. The van der Waals surface area contributed by atoms with Crippen LogP contribution in [0.15, 0.2) is 30.6 Å². The lowest BCUT2D eigenvalue weighted by molar-refractivity contribution is 0.461. The van der Waals surface area contributed by atoms with Gasteiger partial charge < -0.3 is 10.4 Å². The van der Waals surface area contributed by atoms with Crippen molar-refractivity contribution in [3.8, 4) is 5.75 Å².